The van der Waals surface area contributed by atoms with E-state index in [9.17, 15) is 0 Å². The summed E-state index contributed by atoms with van der Waals surface area (Å²) in [5.74, 6) is 3.54. The molecule has 0 spiro atoms. The van der Waals surface area contributed by atoms with E-state index in [0.717, 1.165) is 0 Å². The van der Waals surface area contributed by atoms with Gasteiger partial charge >= 0.3 is 0 Å². The average molecular weight is 135 g/mol. The van der Waals surface area contributed by atoms with Gasteiger partial charge in [0, 0.05) is 0 Å². The van der Waals surface area contributed by atoms with E-state index in [2.05, 4.69) is 20.8 Å². The zero-order chi connectivity index (χ0) is 6.62. The molecule has 0 aliphatic carbocycles. The predicted octanol–water partition coefficient (Wildman–Crippen LogP) is 1.72. The second-order valence-corrected chi connectivity index (χ2v) is 5.94. The predicted molar refractivity (Wildman–Crippen MR) is 43.4 cm³/mol. The summed E-state index contributed by atoms with van der Waals surface area (Å²) in [6.45, 7) is 6.55. The van der Waals surface area contributed by atoms with Crippen LogP contribution in [0.5, 0.6) is 0 Å². The molecule has 8 heavy (non-hydrogen) atoms. The highest BCUT2D eigenvalue weighted by Gasteiger charge is 2.08. The van der Waals surface area contributed by atoms with Crippen LogP contribution in [0.15, 0.2) is 0 Å². The highest BCUT2D eigenvalue weighted by molar-refractivity contribution is 8.31. The van der Waals surface area contributed by atoms with E-state index in [1.807, 2.05) is 0 Å². The summed E-state index contributed by atoms with van der Waals surface area (Å²) in [7, 11) is -0.653. The third-order valence-corrected chi connectivity index (χ3v) is 5.17. The van der Waals surface area contributed by atoms with Gasteiger partial charge in [-0.25, -0.2) is 0 Å². The Bertz CT molecular complexity index is 51.3. The van der Waals surface area contributed by atoms with E-state index in [1.165, 1.54) is 17.3 Å². The first-order chi connectivity index (χ1) is 3.68. The van der Waals surface area contributed by atoms with Crippen molar-refractivity contribution in [2.75, 3.05) is 17.3 Å². The lowest BCUT2D eigenvalue weighted by Crippen LogP contribution is -2.17. The van der Waals surface area contributed by atoms with Gasteiger partial charge in [-0.2, -0.15) is 10.2 Å². The summed E-state index contributed by atoms with van der Waals surface area (Å²) in [4.78, 5) is 0. The lowest BCUT2D eigenvalue weighted by Gasteiger charge is -2.31. The molecule has 0 aliphatic heterocycles. The quantitative estimate of drug-likeness (QED) is 0.626. The van der Waals surface area contributed by atoms with Gasteiger partial charge < -0.3 is 0 Å². The molecule has 0 bridgehead atoms. The van der Waals surface area contributed by atoms with Crippen LogP contribution in [0, 0.1) is 0 Å². The van der Waals surface area contributed by atoms with Crippen molar-refractivity contribution in [2.45, 2.75) is 20.8 Å². The molecule has 0 saturated heterocycles. The Morgan fingerprint density at radius 3 is 1.25 bits per heavy atom. The Morgan fingerprint density at radius 1 is 1.00 bits per heavy atom. The Kier molecular flexibility index (Phi) is 3.49. The SMILES string of the molecule is CCS(N)(CC)CC. The number of nitrogens with two attached hydrogens (primary N) is 1. The normalized spacial score (nSPS) is 14.0. The van der Waals surface area contributed by atoms with Crippen molar-refractivity contribution in [1.82, 2.24) is 0 Å². The van der Waals surface area contributed by atoms with E-state index in [-0.39, 0.29) is 0 Å². The molecule has 0 aromatic rings. The number of hydrogen-bond donors (Lipinski definition) is 1. The Balaban J connectivity index is 3.58. The fraction of sp³-hybridized carbons (Fsp3) is 1.00. The first-order valence-corrected chi connectivity index (χ1v) is 5.43. The van der Waals surface area contributed by atoms with Crippen LogP contribution in [0.2, 0.25) is 0 Å². The molecule has 0 aromatic heterocycles. The van der Waals surface area contributed by atoms with Gasteiger partial charge in [0.2, 0.25) is 0 Å². The number of rotatable bonds is 3. The van der Waals surface area contributed by atoms with Crippen molar-refractivity contribution in [3.05, 3.63) is 0 Å². The summed E-state index contributed by atoms with van der Waals surface area (Å²) < 4.78 is 0. The second kappa shape index (κ2) is 3.36. The van der Waals surface area contributed by atoms with Crippen LogP contribution >= 0.6 is 10.2 Å². The van der Waals surface area contributed by atoms with E-state index < -0.39 is 10.2 Å². The molecule has 2 heteroatoms. The summed E-state index contributed by atoms with van der Waals surface area (Å²) in [5.41, 5.74) is 0. The van der Waals surface area contributed by atoms with E-state index in [4.69, 9.17) is 5.14 Å². The molecule has 0 saturated carbocycles. The highest BCUT2D eigenvalue weighted by atomic mass is 32.3. The van der Waals surface area contributed by atoms with Crippen LogP contribution < -0.4 is 5.14 Å². The van der Waals surface area contributed by atoms with Gasteiger partial charge in [-0.1, -0.05) is 20.8 Å². The van der Waals surface area contributed by atoms with Crippen LogP contribution in [-0.2, 0) is 0 Å². The maximum atomic E-state index is 5.98. The van der Waals surface area contributed by atoms with E-state index >= 15 is 0 Å². The van der Waals surface area contributed by atoms with Crippen molar-refractivity contribution < 1.29 is 0 Å². The Labute approximate surface area is 54.1 Å². The molecule has 0 aromatic carbocycles. The van der Waals surface area contributed by atoms with E-state index in [0.29, 0.717) is 0 Å². The Morgan fingerprint density at radius 2 is 1.25 bits per heavy atom. The molecule has 0 amide bonds. The minimum absolute atomic E-state index is 0.653. The van der Waals surface area contributed by atoms with Gasteiger partial charge in [0.25, 0.3) is 0 Å². The zero-order valence-electron chi connectivity index (χ0n) is 6.11. The molecule has 2 N–H and O–H groups in total. The summed E-state index contributed by atoms with van der Waals surface area (Å²) in [5, 5.41) is 5.98. The van der Waals surface area contributed by atoms with Crippen LogP contribution in [0.4, 0.5) is 0 Å². The average Bonchev–Trinajstić information content (AvgIpc) is 1.87. The van der Waals surface area contributed by atoms with Gasteiger partial charge in [0.1, 0.15) is 0 Å². The third-order valence-electron chi connectivity index (χ3n) is 1.72. The van der Waals surface area contributed by atoms with Gasteiger partial charge in [0.05, 0.1) is 0 Å². The first kappa shape index (κ1) is 8.31. The molecular formula is C6H17NS. The smallest absolute Gasteiger partial charge is 0.0141 e. The topological polar surface area (TPSA) is 26.0 Å². The molecular weight excluding hydrogens is 118 g/mol. The van der Waals surface area contributed by atoms with Crippen LogP contribution in [-0.4, -0.2) is 17.3 Å². The minimum Gasteiger partial charge on any atom is -0.294 e. The minimum atomic E-state index is -0.653. The fourth-order valence-electron chi connectivity index (χ4n) is 0.612. The van der Waals surface area contributed by atoms with Gasteiger partial charge in [-0.3, -0.25) is 5.14 Å². The van der Waals surface area contributed by atoms with Gasteiger partial charge in [-0.05, 0) is 17.3 Å². The molecule has 52 valence electrons. The third kappa shape index (κ3) is 2.05. The standard InChI is InChI=1S/C6H17NS/c1-4-8(7,5-2)6-3/h4-7H2,1-3H3. The number of hydrogen-bond acceptors (Lipinski definition) is 1. The highest BCUT2D eigenvalue weighted by Crippen LogP contribution is 2.37. The largest absolute Gasteiger partial charge is 0.294 e. The van der Waals surface area contributed by atoms with Gasteiger partial charge in [-0.15, -0.1) is 0 Å². The van der Waals surface area contributed by atoms with Crippen molar-refractivity contribution in [3.63, 3.8) is 0 Å². The molecule has 0 radical (unpaired) electrons. The van der Waals surface area contributed by atoms with E-state index in [1.54, 1.807) is 0 Å². The second-order valence-electron chi connectivity index (χ2n) is 1.98. The molecule has 1 nitrogen and oxygen atoms in total. The van der Waals surface area contributed by atoms with Gasteiger partial charge in [0.15, 0.2) is 0 Å². The van der Waals surface area contributed by atoms with Crippen LogP contribution in [0.25, 0.3) is 0 Å². The van der Waals surface area contributed by atoms with Crippen molar-refractivity contribution >= 4 is 10.2 Å². The fourth-order valence-corrected chi connectivity index (χ4v) is 1.84. The van der Waals surface area contributed by atoms with Crippen molar-refractivity contribution in [2.24, 2.45) is 5.14 Å². The first-order valence-electron chi connectivity index (χ1n) is 3.22. The van der Waals surface area contributed by atoms with Crippen molar-refractivity contribution in [1.29, 1.82) is 0 Å². The Hall–Kier alpha value is 0.310. The summed E-state index contributed by atoms with van der Waals surface area (Å²) >= 11 is 0. The molecule has 0 aliphatic rings. The maximum absolute atomic E-state index is 5.98. The van der Waals surface area contributed by atoms with Crippen LogP contribution in [0.1, 0.15) is 20.8 Å². The molecule has 0 rings (SSSR count). The van der Waals surface area contributed by atoms with Crippen molar-refractivity contribution in [3.8, 4) is 0 Å². The lowest BCUT2D eigenvalue weighted by atomic mass is 10.9. The summed E-state index contributed by atoms with van der Waals surface area (Å²) in [6, 6.07) is 0. The molecule has 0 atom stereocenters. The lowest BCUT2D eigenvalue weighted by molar-refractivity contribution is 1.33. The molecule has 0 unspecified atom stereocenters. The molecule has 0 heterocycles. The molecule has 0 fully saturated rings. The monoisotopic (exact) mass is 135 g/mol. The maximum Gasteiger partial charge on any atom is -0.0141 e. The van der Waals surface area contributed by atoms with Crippen LogP contribution in [0.3, 0.4) is 0 Å². The zero-order valence-corrected chi connectivity index (χ0v) is 6.92. The summed E-state index contributed by atoms with van der Waals surface area (Å²) in [6.07, 6.45) is 0.